The van der Waals surface area contributed by atoms with E-state index in [9.17, 15) is 0 Å². The quantitative estimate of drug-likeness (QED) is 0.150. The van der Waals surface area contributed by atoms with E-state index >= 15 is 0 Å². The van der Waals surface area contributed by atoms with Crippen LogP contribution in [0.2, 0.25) is 0 Å². The van der Waals surface area contributed by atoms with Crippen molar-refractivity contribution >= 4 is 0 Å². The Balaban J connectivity index is 1.68. The fourth-order valence-electron chi connectivity index (χ4n) is 5.56. The number of hydrogen-bond donors (Lipinski definition) is 0. The molecule has 5 aromatic rings. The van der Waals surface area contributed by atoms with Gasteiger partial charge in [0.05, 0.1) is 5.56 Å². The second-order valence-corrected chi connectivity index (χ2v) is 17.9. The minimum absolute atomic E-state index is 0.0486. The maximum absolute atomic E-state index is 4.90. The van der Waals surface area contributed by atoms with Crippen molar-refractivity contribution in [2.75, 3.05) is 0 Å². The summed E-state index contributed by atoms with van der Waals surface area (Å²) < 4.78 is 0. The van der Waals surface area contributed by atoms with E-state index in [-0.39, 0.29) is 21.7 Å². The Morgan fingerprint density at radius 2 is 0.537 bits per heavy atom. The van der Waals surface area contributed by atoms with Crippen LogP contribution in [0.1, 0.15) is 150 Å². The summed E-state index contributed by atoms with van der Waals surface area (Å²) in [7, 11) is 0. The minimum Gasteiger partial charge on any atom is -0.211 e. The normalized spacial score (nSPS) is 11.5. The van der Waals surface area contributed by atoms with Gasteiger partial charge in [0.2, 0.25) is 5.82 Å². The van der Waals surface area contributed by atoms with Crippen LogP contribution >= 0.6 is 0 Å². The highest BCUT2D eigenvalue weighted by molar-refractivity contribution is 5.59. The first kappa shape index (κ1) is 39.4. The molecule has 0 saturated heterocycles. The van der Waals surface area contributed by atoms with Gasteiger partial charge in [-0.2, -0.15) is 0 Å². The highest BCUT2D eigenvalue weighted by Crippen LogP contribution is 2.25. The molecular weight excluding hydrogens is 653 g/mol. The highest BCUT2D eigenvalue weighted by Gasteiger charge is 2.16. The van der Waals surface area contributed by atoms with Gasteiger partial charge < -0.3 is 0 Å². The zero-order valence-corrected chi connectivity index (χ0v) is 34.1. The summed E-state index contributed by atoms with van der Waals surface area (Å²) in [4.78, 5) is 9.80. The van der Waals surface area contributed by atoms with Gasteiger partial charge in [-0.05, 0) is 110 Å². The number of nitrogens with zero attached hydrogens (tertiary/aromatic N) is 2. The van der Waals surface area contributed by atoms with Gasteiger partial charge in [0.1, 0.15) is 11.4 Å². The Labute approximate surface area is 325 Å². The van der Waals surface area contributed by atoms with E-state index in [1.165, 1.54) is 22.3 Å². The number of hydrogen-bond acceptors (Lipinski definition) is 2. The predicted octanol–water partition coefficient (Wildman–Crippen LogP) is 11.3. The highest BCUT2D eigenvalue weighted by atomic mass is 14.9. The van der Waals surface area contributed by atoms with E-state index in [4.69, 9.17) is 9.97 Å². The van der Waals surface area contributed by atoms with Crippen molar-refractivity contribution < 1.29 is 0 Å². The van der Waals surface area contributed by atoms with Gasteiger partial charge in [0.15, 0.2) is 0 Å². The first-order valence-corrected chi connectivity index (χ1v) is 18.7. The van der Waals surface area contributed by atoms with Crippen LogP contribution in [-0.4, -0.2) is 9.97 Å². The third-order valence-corrected chi connectivity index (χ3v) is 9.21. The maximum atomic E-state index is 4.90. The molecule has 2 heteroatoms. The molecule has 0 aliphatic rings. The fraction of sp³-hybridized carbons (Fsp3) is 0.308. The zero-order chi connectivity index (χ0) is 39.3. The predicted molar refractivity (Wildman–Crippen MR) is 227 cm³/mol. The molecule has 0 aliphatic heterocycles. The lowest BCUT2D eigenvalue weighted by atomic mass is 9.87. The van der Waals surface area contributed by atoms with E-state index in [0.717, 1.165) is 22.3 Å². The van der Waals surface area contributed by atoms with E-state index in [1.807, 2.05) is 12.1 Å². The second-order valence-electron chi connectivity index (χ2n) is 17.9. The molecular formula is C52H52N2. The molecule has 4 aromatic carbocycles. The van der Waals surface area contributed by atoms with Gasteiger partial charge in [0, 0.05) is 22.3 Å². The van der Waals surface area contributed by atoms with E-state index in [2.05, 4.69) is 215 Å². The largest absolute Gasteiger partial charge is 0.211 e. The maximum Gasteiger partial charge on any atom is 0.207 e. The Kier molecular flexibility index (Phi) is 11.4. The summed E-state index contributed by atoms with van der Waals surface area (Å²) in [5.41, 5.74) is 10.3. The van der Waals surface area contributed by atoms with Crippen LogP contribution in [0.4, 0.5) is 0 Å². The molecule has 0 fully saturated rings. The molecule has 0 spiro atoms. The molecule has 0 bridgehead atoms. The molecule has 0 saturated carbocycles. The molecule has 54 heavy (non-hydrogen) atoms. The van der Waals surface area contributed by atoms with Crippen LogP contribution in [-0.2, 0) is 21.7 Å². The van der Waals surface area contributed by atoms with Crippen molar-refractivity contribution in [1.29, 1.82) is 0 Å². The first-order chi connectivity index (χ1) is 25.3. The summed E-state index contributed by atoms with van der Waals surface area (Å²) in [5, 5.41) is 0. The Hall–Kier alpha value is -5.80. The van der Waals surface area contributed by atoms with Crippen molar-refractivity contribution in [2.24, 2.45) is 0 Å². The Bertz CT molecular complexity index is 2270. The molecule has 5 rings (SSSR count). The molecule has 0 N–H and O–H groups in total. The SMILES string of the molecule is CC(C)(C)c1ccc(C#Cc2nc(C#Cc3ccc(C(C)(C)C)cc3)c(C#Cc3ccc(C(C)(C)C)cc3)c(C#Cc3ccc(C(C)(C)C)cc3)n2)cc1. The average molecular weight is 705 g/mol. The molecule has 0 radical (unpaired) electrons. The lowest BCUT2D eigenvalue weighted by Gasteiger charge is -2.18. The Morgan fingerprint density at radius 1 is 0.296 bits per heavy atom. The fourth-order valence-corrected chi connectivity index (χ4v) is 5.56. The summed E-state index contributed by atoms with van der Waals surface area (Å²) in [5.74, 6) is 26.9. The Morgan fingerprint density at radius 3 is 0.796 bits per heavy atom. The summed E-state index contributed by atoms with van der Waals surface area (Å²) in [6, 6.07) is 33.5. The van der Waals surface area contributed by atoms with E-state index in [0.29, 0.717) is 22.8 Å². The topological polar surface area (TPSA) is 25.8 Å². The van der Waals surface area contributed by atoms with Crippen LogP contribution < -0.4 is 0 Å². The third-order valence-electron chi connectivity index (χ3n) is 9.21. The van der Waals surface area contributed by atoms with Crippen LogP contribution in [0.3, 0.4) is 0 Å². The zero-order valence-electron chi connectivity index (χ0n) is 34.1. The van der Waals surface area contributed by atoms with Crippen molar-refractivity contribution in [3.8, 4) is 47.4 Å². The van der Waals surface area contributed by atoms with Crippen LogP contribution in [0.25, 0.3) is 0 Å². The lowest BCUT2D eigenvalue weighted by molar-refractivity contribution is 0.590. The van der Waals surface area contributed by atoms with Gasteiger partial charge in [-0.1, -0.05) is 161 Å². The molecule has 270 valence electrons. The standard InChI is InChI=1S/C52H52N2/c1-49(2,3)41-25-13-37(14-26-41)21-33-45-46(34-22-38-15-27-42(28-16-38)50(4,5)6)53-48(36-24-40-19-31-44(32-20-40)52(10,11)12)54-47(45)35-23-39-17-29-43(30-18-39)51(7,8)9/h13-20,25-32H,1-12H3. The van der Waals surface area contributed by atoms with Crippen molar-refractivity contribution in [2.45, 2.75) is 105 Å². The number of rotatable bonds is 0. The summed E-state index contributed by atoms with van der Waals surface area (Å²) >= 11 is 0. The second kappa shape index (κ2) is 15.7. The smallest absolute Gasteiger partial charge is 0.207 e. The summed E-state index contributed by atoms with van der Waals surface area (Å²) in [6.07, 6.45) is 0. The number of benzene rings is 4. The summed E-state index contributed by atoms with van der Waals surface area (Å²) in [6.45, 7) is 26.5. The average Bonchev–Trinajstić information content (AvgIpc) is 3.11. The lowest BCUT2D eigenvalue weighted by Crippen LogP contribution is -2.10. The molecule has 0 atom stereocenters. The van der Waals surface area contributed by atoms with Crippen LogP contribution in [0.5, 0.6) is 0 Å². The molecule has 1 heterocycles. The van der Waals surface area contributed by atoms with Crippen molar-refractivity contribution in [3.63, 3.8) is 0 Å². The van der Waals surface area contributed by atoms with Crippen molar-refractivity contribution in [1.82, 2.24) is 9.97 Å². The van der Waals surface area contributed by atoms with Gasteiger partial charge in [0.25, 0.3) is 0 Å². The molecule has 0 amide bonds. The molecule has 1 aromatic heterocycles. The van der Waals surface area contributed by atoms with Crippen molar-refractivity contribution in [3.05, 3.63) is 164 Å². The third kappa shape index (κ3) is 10.6. The van der Waals surface area contributed by atoms with Crippen LogP contribution in [0, 0.1) is 47.4 Å². The monoisotopic (exact) mass is 704 g/mol. The van der Waals surface area contributed by atoms with Gasteiger partial charge in [-0.15, -0.1) is 0 Å². The molecule has 0 unspecified atom stereocenters. The molecule has 0 aliphatic carbocycles. The number of aromatic nitrogens is 2. The van der Waals surface area contributed by atoms with Gasteiger partial charge in [-0.25, -0.2) is 9.97 Å². The van der Waals surface area contributed by atoms with Crippen LogP contribution in [0.15, 0.2) is 97.1 Å². The first-order valence-electron chi connectivity index (χ1n) is 18.7. The van der Waals surface area contributed by atoms with E-state index < -0.39 is 0 Å². The van der Waals surface area contributed by atoms with E-state index in [1.54, 1.807) is 0 Å². The van der Waals surface area contributed by atoms with Gasteiger partial charge >= 0.3 is 0 Å². The minimum atomic E-state index is 0.0486. The van der Waals surface area contributed by atoms with Gasteiger partial charge in [-0.3, -0.25) is 0 Å². The molecule has 2 nitrogen and oxygen atoms in total.